The number of nitrogens with zero attached hydrogens (tertiary/aromatic N) is 3. The van der Waals surface area contributed by atoms with Gasteiger partial charge < -0.3 is 10.2 Å². The van der Waals surface area contributed by atoms with E-state index in [9.17, 15) is 9.59 Å². The highest BCUT2D eigenvalue weighted by Crippen LogP contribution is 2.15. The Kier molecular flexibility index (Phi) is 4.61. The van der Waals surface area contributed by atoms with E-state index >= 15 is 0 Å². The molecule has 1 aromatic heterocycles. The molecule has 3 rings (SSSR count). The molecule has 118 valence electrons. The molecule has 0 aliphatic carbocycles. The lowest BCUT2D eigenvalue weighted by molar-refractivity contribution is -0.135. The monoisotopic (exact) mass is 310 g/mol. The fourth-order valence-corrected chi connectivity index (χ4v) is 2.48. The van der Waals surface area contributed by atoms with Gasteiger partial charge in [-0.15, -0.1) is 0 Å². The second kappa shape index (κ2) is 7.00. The van der Waals surface area contributed by atoms with Crippen molar-refractivity contribution in [2.45, 2.75) is 18.9 Å². The highest BCUT2D eigenvalue weighted by Gasteiger charge is 2.30. The summed E-state index contributed by atoms with van der Waals surface area (Å²) in [6.07, 6.45) is 3.85. The summed E-state index contributed by atoms with van der Waals surface area (Å²) in [6, 6.07) is 11.0. The molecule has 1 N–H and O–H groups in total. The molecular formula is C17H18N4O2. The molecular weight excluding hydrogens is 292 g/mol. The van der Waals surface area contributed by atoms with Gasteiger partial charge in [-0.05, 0) is 6.07 Å². The van der Waals surface area contributed by atoms with Crippen LogP contribution in [0, 0.1) is 0 Å². The number of hydrogen-bond acceptors (Lipinski definition) is 5. The van der Waals surface area contributed by atoms with E-state index in [1.54, 1.807) is 35.5 Å². The number of carbonyl (C=O) groups is 2. The average Bonchev–Trinajstić information content (AvgIpc) is 2.57. The van der Waals surface area contributed by atoms with Crippen molar-refractivity contribution in [1.82, 2.24) is 14.9 Å². The molecule has 0 spiro atoms. The van der Waals surface area contributed by atoms with Crippen LogP contribution in [0.2, 0.25) is 0 Å². The maximum absolute atomic E-state index is 12.1. The van der Waals surface area contributed by atoms with Crippen molar-refractivity contribution in [2.24, 2.45) is 0 Å². The minimum Gasteiger partial charge on any atom is -0.348 e. The number of aromatic nitrogens is 2. The summed E-state index contributed by atoms with van der Waals surface area (Å²) in [4.78, 5) is 34.0. The van der Waals surface area contributed by atoms with E-state index < -0.39 is 0 Å². The first kappa shape index (κ1) is 15.1. The summed E-state index contributed by atoms with van der Waals surface area (Å²) in [7, 11) is 0. The summed E-state index contributed by atoms with van der Waals surface area (Å²) in [6.45, 7) is 1.24. The van der Waals surface area contributed by atoms with E-state index in [0.717, 1.165) is 0 Å². The van der Waals surface area contributed by atoms with Crippen LogP contribution in [0.5, 0.6) is 0 Å². The standard InChI is InChI=1S/C17H18N4O2/c22-15(13-5-2-1-3-6-13)7-8-16(23)21-11-14(12-21)20-17-18-9-4-10-19-17/h1-6,9-10,14H,7-8,11-12H2,(H,18,19,20). The maximum atomic E-state index is 12.1. The Morgan fingerprint density at radius 2 is 1.74 bits per heavy atom. The fraction of sp³-hybridized carbons (Fsp3) is 0.294. The third kappa shape index (κ3) is 3.91. The van der Waals surface area contributed by atoms with Gasteiger partial charge in [0.25, 0.3) is 0 Å². The minimum absolute atomic E-state index is 0.00633. The Bertz CT molecular complexity index is 670. The predicted octanol–water partition coefficient (Wildman–Crippen LogP) is 1.76. The molecule has 1 aromatic carbocycles. The zero-order chi connectivity index (χ0) is 16.1. The third-order valence-corrected chi connectivity index (χ3v) is 3.79. The number of amides is 1. The van der Waals surface area contributed by atoms with Crippen molar-refractivity contribution in [3.05, 3.63) is 54.4 Å². The Morgan fingerprint density at radius 1 is 1.04 bits per heavy atom. The van der Waals surface area contributed by atoms with Gasteiger partial charge in [0, 0.05) is 43.9 Å². The molecule has 0 unspecified atom stereocenters. The molecule has 1 amide bonds. The quantitative estimate of drug-likeness (QED) is 0.823. The first-order valence-corrected chi connectivity index (χ1v) is 7.62. The second-order valence-electron chi connectivity index (χ2n) is 5.50. The summed E-state index contributed by atoms with van der Waals surface area (Å²) in [5.41, 5.74) is 0.657. The molecule has 1 aliphatic rings. The molecule has 0 radical (unpaired) electrons. The lowest BCUT2D eigenvalue weighted by Gasteiger charge is -2.39. The molecule has 0 saturated carbocycles. The number of benzene rings is 1. The van der Waals surface area contributed by atoms with Crippen molar-refractivity contribution in [3.63, 3.8) is 0 Å². The lowest BCUT2D eigenvalue weighted by atomic mass is 10.0. The number of hydrogen-bond donors (Lipinski definition) is 1. The topological polar surface area (TPSA) is 75.2 Å². The van der Waals surface area contributed by atoms with Gasteiger partial charge >= 0.3 is 0 Å². The Morgan fingerprint density at radius 3 is 2.43 bits per heavy atom. The number of nitrogens with one attached hydrogen (secondary N) is 1. The largest absolute Gasteiger partial charge is 0.348 e. The number of ketones is 1. The van der Waals surface area contributed by atoms with Crippen LogP contribution in [0.15, 0.2) is 48.8 Å². The van der Waals surface area contributed by atoms with E-state index in [-0.39, 0.29) is 30.6 Å². The summed E-state index contributed by atoms with van der Waals surface area (Å²) >= 11 is 0. The van der Waals surface area contributed by atoms with Gasteiger partial charge in [0.05, 0.1) is 6.04 Å². The van der Waals surface area contributed by atoms with Crippen LogP contribution in [0.1, 0.15) is 23.2 Å². The lowest BCUT2D eigenvalue weighted by Crippen LogP contribution is -2.57. The minimum atomic E-state index is 0.00633. The van der Waals surface area contributed by atoms with Gasteiger partial charge in [-0.1, -0.05) is 30.3 Å². The fourth-order valence-electron chi connectivity index (χ4n) is 2.48. The van der Waals surface area contributed by atoms with E-state index in [0.29, 0.717) is 24.6 Å². The molecule has 6 nitrogen and oxygen atoms in total. The molecule has 0 bridgehead atoms. The third-order valence-electron chi connectivity index (χ3n) is 3.79. The highest BCUT2D eigenvalue weighted by atomic mass is 16.2. The number of likely N-dealkylation sites (tertiary alicyclic amines) is 1. The average molecular weight is 310 g/mol. The smallest absolute Gasteiger partial charge is 0.223 e. The van der Waals surface area contributed by atoms with Crippen LogP contribution in [0.25, 0.3) is 0 Å². The zero-order valence-corrected chi connectivity index (χ0v) is 12.7. The molecule has 2 aromatic rings. The first-order chi connectivity index (χ1) is 11.2. The van der Waals surface area contributed by atoms with Crippen LogP contribution in [-0.2, 0) is 4.79 Å². The van der Waals surface area contributed by atoms with Crippen molar-refractivity contribution >= 4 is 17.6 Å². The number of anilines is 1. The van der Waals surface area contributed by atoms with Gasteiger partial charge in [-0.3, -0.25) is 9.59 Å². The van der Waals surface area contributed by atoms with Gasteiger partial charge in [-0.2, -0.15) is 0 Å². The maximum Gasteiger partial charge on any atom is 0.223 e. The summed E-state index contributed by atoms with van der Waals surface area (Å²) < 4.78 is 0. The van der Waals surface area contributed by atoms with Crippen molar-refractivity contribution in [1.29, 1.82) is 0 Å². The number of rotatable bonds is 6. The van der Waals surface area contributed by atoms with E-state index in [1.165, 1.54) is 0 Å². The SMILES string of the molecule is O=C(CCC(=O)N1CC(Nc2ncccn2)C1)c1ccccc1. The van der Waals surface area contributed by atoms with Gasteiger partial charge in [-0.25, -0.2) is 9.97 Å². The molecule has 6 heteroatoms. The summed E-state index contributed by atoms with van der Waals surface area (Å²) in [5, 5.41) is 3.17. The normalized spacial score (nSPS) is 14.2. The second-order valence-corrected chi connectivity index (χ2v) is 5.50. The predicted molar refractivity (Wildman–Crippen MR) is 86.0 cm³/mol. The van der Waals surface area contributed by atoms with Gasteiger partial charge in [0.2, 0.25) is 11.9 Å². The van der Waals surface area contributed by atoms with Crippen LogP contribution >= 0.6 is 0 Å². The Labute approximate surface area is 134 Å². The van der Waals surface area contributed by atoms with Crippen molar-refractivity contribution in [2.75, 3.05) is 18.4 Å². The highest BCUT2D eigenvalue weighted by molar-refractivity contribution is 5.97. The zero-order valence-electron chi connectivity index (χ0n) is 12.7. The molecule has 1 fully saturated rings. The van der Waals surface area contributed by atoms with Crippen LogP contribution in [0.3, 0.4) is 0 Å². The van der Waals surface area contributed by atoms with Gasteiger partial charge in [0.1, 0.15) is 0 Å². The molecule has 1 aliphatic heterocycles. The molecule has 23 heavy (non-hydrogen) atoms. The van der Waals surface area contributed by atoms with Crippen molar-refractivity contribution in [3.8, 4) is 0 Å². The van der Waals surface area contributed by atoms with E-state index in [2.05, 4.69) is 15.3 Å². The molecule has 2 heterocycles. The van der Waals surface area contributed by atoms with E-state index in [1.807, 2.05) is 18.2 Å². The Hall–Kier alpha value is -2.76. The summed E-state index contributed by atoms with van der Waals surface area (Å²) in [5.74, 6) is 0.594. The Balaban J connectivity index is 1.40. The van der Waals surface area contributed by atoms with Crippen LogP contribution in [-0.4, -0.2) is 45.7 Å². The van der Waals surface area contributed by atoms with Crippen LogP contribution in [0.4, 0.5) is 5.95 Å². The van der Waals surface area contributed by atoms with Crippen LogP contribution < -0.4 is 5.32 Å². The van der Waals surface area contributed by atoms with E-state index in [4.69, 9.17) is 0 Å². The van der Waals surface area contributed by atoms with Gasteiger partial charge in [0.15, 0.2) is 5.78 Å². The van der Waals surface area contributed by atoms with Crippen molar-refractivity contribution < 1.29 is 9.59 Å². The molecule has 0 atom stereocenters. The number of Topliss-reactive ketones (excluding diaryl/α,β-unsaturated/α-hetero) is 1. The first-order valence-electron chi connectivity index (χ1n) is 7.62. The number of carbonyl (C=O) groups excluding carboxylic acids is 2. The molecule has 1 saturated heterocycles.